The minimum atomic E-state index is 0. The Balaban J connectivity index is 0.000000290. The third-order valence-corrected chi connectivity index (χ3v) is 11.8. The number of aliphatic hydroxyl groups is 1. The molecule has 1 aliphatic rings. The number of aliphatic hydroxyl groups excluding tert-OH is 1. The van der Waals surface area contributed by atoms with Crippen LogP contribution in [-0.2, 0) is 44.2 Å². The number of benzene rings is 3. The second-order valence-electron chi connectivity index (χ2n) is 14.4. The zero-order valence-corrected chi connectivity index (χ0v) is 35.0. The molecule has 3 heterocycles. The smallest absolute Gasteiger partial charge is 0.162 e. The Morgan fingerprint density at radius 1 is 0.868 bits per heavy atom. The van der Waals surface area contributed by atoms with Crippen LogP contribution in [0.25, 0.3) is 54.4 Å². The van der Waals surface area contributed by atoms with Gasteiger partial charge >= 0.3 is 0 Å². The van der Waals surface area contributed by atoms with Crippen molar-refractivity contribution in [1.29, 1.82) is 0 Å². The van der Waals surface area contributed by atoms with Gasteiger partial charge in [0.2, 0.25) is 0 Å². The van der Waals surface area contributed by atoms with E-state index in [0.29, 0.717) is 5.92 Å². The molecule has 1 aliphatic carbocycles. The van der Waals surface area contributed by atoms with Gasteiger partial charge in [0.15, 0.2) is 5.78 Å². The predicted octanol–water partition coefficient (Wildman–Crippen LogP) is 12.8. The first-order valence-corrected chi connectivity index (χ1v) is 19.9. The molecule has 3 aromatic carbocycles. The standard InChI is InChI=1S/C34H27N2S.C13H24O2.Ir/c1-21(2)16-25-19-35-20-30-27(25)12-13-31-32(30)28-14-15-36-33(34(28)37-31)24-17-23-10-6-7-11-26(23)29(18-24)22-8-4-3-5-9-22;1-5-10(6-2)12(14)9-13(15)11(7-3)8-4;/h3-11,14-15,18-21H,12-13,16H2,1-2H3;9-11,14H,5-8H2,1-4H3;/q-1;;/b;12-9-;. The summed E-state index contributed by atoms with van der Waals surface area (Å²) < 4.78 is 1.25. The summed E-state index contributed by atoms with van der Waals surface area (Å²) >= 11 is 1.90. The Labute approximate surface area is 333 Å². The fourth-order valence-corrected chi connectivity index (χ4v) is 8.94. The number of rotatable bonds is 11. The van der Waals surface area contributed by atoms with E-state index in [1.54, 1.807) is 0 Å². The van der Waals surface area contributed by atoms with Crippen molar-refractivity contribution in [2.45, 2.75) is 86.5 Å². The summed E-state index contributed by atoms with van der Waals surface area (Å²) in [6, 6.07) is 27.4. The van der Waals surface area contributed by atoms with Crippen molar-refractivity contribution in [3.63, 3.8) is 0 Å². The van der Waals surface area contributed by atoms with Gasteiger partial charge in [-0.25, -0.2) is 0 Å². The number of ketones is 1. The first-order chi connectivity index (χ1) is 25.3. The molecule has 6 aromatic rings. The third-order valence-electron chi connectivity index (χ3n) is 10.5. The molecule has 0 saturated carbocycles. The molecule has 277 valence electrons. The number of aromatic nitrogens is 2. The number of carbonyl (C=O) groups is 1. The molecular weight excluding hydrogens is 849 g/mol. The average molecular weight is 900 g/mol. The van der Waals surface area contributed by atoms with E-state index in [-0.39, 0.29) is 43.5 Å². The maximum atomic E-state index is 11.7. The summed E-state index contributed by atoms with van der Waals surface area (Å²) in [5.41, 5.74) is 10.1. The van der Waals surface area contributed by atoms with Gasteiger partial charge < -0.3 is 5.11 Å². The topological polar surface area (TPSA) is 63.1 Å². The second kappa shape index (κ2) is 18.4. The van der Waals surface area contributed by atoms with Crippen LogP contribution in [0.3, 0.4) is 0 Å². The van der Waals surface area contributed by atoms with Crippen LogP contribution < -0.4 is 0 Å². The van der Waals surface area contributed by atoms with Crippen LogP contribution in [-0.4, -0.2) is 20.9 Å². The number of thiophene rings is 1. The third kappa shape index (κ3) is 8.72. The molecule has 3 aromatic heterocycles. The molecule has 0 aliphatic heterocycles. The maximum absolute atomic E-state index is 11.7. The fourth-order valence-electron chi connectivity index (χ4n) is 7.63. The second-order valence-corrected chi connectivity index (χ2v) is 15.5. The molecule has 0 unspecified atom stereocenters. The molecule has 0 spiro atoms. The van der Waals surface area contributed by atoms with E-state index in [2.05, 4.69) is 104 Å². The number of allylic oxidation sites excluding steroid dienone is 2. The minimum Gasteiger partial charge on any atom is -0.512 e. The van der Waals surface area contributed by atoms with Crippen molar-refractivity contribution >= 4 is 38.0 Å². The predicted molar refractivity (Wildman–Crippen MR) is 220 cm³/mol. The molecule has 0 bridgehead atoms. The number of hydrogen-bond acceptors (Lipinski definition) is 5. The summed E-state index contributed by atoms with van der Waals surface area (Å²) in [5, 5.41) is 13.4. The van der Waals surface area contributed by atoms with Gasteiger partial charge in [-0.2, -0.15) is 0 Å². The van der Waals surface area contributed by atoms with Crippen LogP contribution in [0.1, 0.15) is 83.2 Å². The van der Waals surface area contributed by atoms with Crippen LogP contribution in [0, 0.1) is 23.8 Å². The first-order valence-electron chi connectivity index (χ1n) is 19.1. The van der Waals surface area contributed by atoms with Crippen LogP contribution in [0.2, 0.25) is 0 Å². The van der Waals surface area contributed by atoms with E-state index in [1.807, 2.05) is 45.2 Å². The van der Waals surface area contributed by atoms with Crippen LogP contribution in [0.15, 0.2) is 97.2 Å². The van der Waals surface area contributed by atoms with Gasteiger partial charge in [-0.1, -0.05) is 107 Å². The van der Waals surface area contributed by atoms with E-state index >= 15 is 0 Å². The van der Waals surface area contributed by atoms with E-state index in [4.69, 9.17) is 4.98 Å². The van der Waals surface area contributed by atoms with Gasteiger partial charge in [-0.05, 0) is 79.0 Å². The summed E-state index contributed by atoms with van der Waals surface area (Å²) in [7, 11) is 0. The number of pyridine rings is 2. The quantitative estimate of drug-likeness (QED) is 0.0799. The minimum absolute atomic E-state index is 0. The fraction of sp³-hybridized carbons (Fsp3) is 0.340. The number of nitrogens with zero attached hydrogens (tertiary/aromatic N) is 2. The summed E-state index contributed by atoms with van der Waals surface area (Å²) in [5.74, 6) is 1.16. The van der Waals surface area contributed by atoms with Crippen molar-refractivity contribution < 1.29 is 30.0 Å². The van der Waals surface area contributed by atoms with Gasteiger partial charge in [0.25, 0.3) is 0 Å². The molecule has 53 heavy (non-hydrogen) atoms. The molecule has 1 N–H and O–H groups in total. The van der Waals surface area contributed by atoms with Crippen molar-refractivity contribution in [3.05, 3.63) is 119 Å². The van der Waals surface area contributed by atoms with Gasteiger partial charge in [0.05, 0.1) is 5.76 Å². The number of aryl methyl sites for hydroxylation is 1. The molecule has 1 radical (unpaired) electrons. The molecule has 0 amide bonds. The molecule has 4 nitrogen and oxygen atoms in total. The molecule has 0 atom stereocenters. The Morgan fingerprint density at radius 2 is 1.57 bits per heavy atom. The summed E-state index contributed by atoms with van der Waals surface area (Å²) in [6.07, 6.45) is 14.3. The zero-order valence-electron chi connectivity index (χ0n) is 31.8. The van der Waals surface area contributed by atoms with Crippen LogP contribution in [0.5, 0.6) is 0 Å². The molecule has 0 saturated heterocycles. The van der Waals surface area contributed by atoms with Crippen LogP contribution >= 0.6 is 11.3 Å². The van der Waals surface area contributed by atoms with Crippen molar-refractivity contribution in [1.82, 2.24) is 9.97 Å². The molecule has 0 fully saturated rings. The maximum Gasteiger partial charge on any atom is 0.162 e. The SMILES string of the molecule is CC(C)Cc1cncc2c1CCc1sc3c(-c4[c-]c5ccccc5c(-c5ccccc5)c4)nccc3c1-2.CCC(CC)C(=O)/C=C(\O)C(CC)CC.[Ir]. The van der Waals surface area contributed by atoms with E-state index in [0.717, 1.165) is 61.6 Å². The molecule has 7 rings (SSSR count). The van der Waals surface area contributed by atoms with E-state index in [1.165, 1.54) is 59.8 Å². The number of hydrogen-bond donors (Lipinski definition) is 1. The Bertz CT molecular complexity index is 2200. The largest absolute Gasteiger partial charge is 0.512 e. The molecular formula is C47H51IrN2O2S-. The van der Waals surface area contributed by atoms with Gasteiger partial charge in [-0.15, -0.1) is 34.9 Å². The normalized spacial score (nSPS) is 12.4. The molecule has 6 heteroatoms. The summed E-state index contributed by atoms with van der Waals surface area (Å²) in [4.78, 5) is 22.8. The monoisotopic (exact) mass is 900 g/mol. The van der Waals surface area contributed by atoms with E-state index < -0.39 is 0 Å². The van der Waals surface area contributed by atoms with Crippen molar-refractivity contribution in [2.75, 3.05) is 0 Å². The van der Waals surface area contributed by atoms with Gasteiger partial charge in [-0.3, -0.25) is 14.8 Å². The number of fused-ring (bicyclic) bond motifs is 6. The zero-order chi connectivity index (χ0) is 36.8. The summed E-state index contributed by atoms with van der Waals surface area (Å²) in [6.45, 7) is 12.6. The van der Waals surface area contributed by atoms with Crippen molar-refractivity contribution in [2.24, 2.45) is 17.8 Å². The Morgan fingerprint density at radius 3 is 2.26 bits per heavy atom. The number of carbonyl (C=O) groups excluding carboxylic acids is 1. The average Bonchev–Trinajstić information content (AvgIpc) is 3.55. The van der Waals surface area contributed by atoms with Crippen LogP contribution in [0.4, 0.5) is 0 Å². The van der Waals surface area contributed by atoms with Gasteiger partial charge in [0.1, 0.15) is 0 Å². The van der Waals surface area contributed by atoms with E-state index in [9.17, 15) is 9.90 Å². The van der Waals surface area contributed by atoms with Gasteiger partial charge in [0, 0.05) is 83.0 Å². The van der Waals surface area contributed by atoms with Crippen molar-refractivity contribution in [3.8, 4) is 33.5 Å². The first kappa shape index (κ1) is 40.2. The Kier molecular flexibility index (Phi) is 14.0. The Hall–Kier alpha value is -3.96.